The average Bonchev–Trinajstić information content (AvgIpc) is 2.19. The number of nitro groups is 1. The zero-order valence-electron chi connectivity index (χ0n) is 8.05. The molecule has 7 heteroatoms. The van der Waals surface area contributed by atoms with Crippen molar-refractivity contribution in [3.8, 4) is 5.75 Å². The van der Waals surface area contributed by atoms with Crippen molar-refractivity contribution in [1.29, 1.82) is 0 Å². The van der Waals surface area contributed by atoms with Crippen molar-refractivity contribution >= 4 is 23.3 Å². The van der Waals surface area contributed by atoms with Crippen LogP contribution >= 0.6 is 11.6 Å². The first-order valence-corrected chi connectivity index (χ1v) is 4.67. The molecular weight excluding hydrogens is 238 g/mol. The average molecular weight is 246 g/mol. The molecule has 0 aliphatic rings. The molecule has 1 N–H and O–H groups in total. The Morgan fingerprint density at radius 1 is 1.56 bits per heavy atom. The van der Waals surface area contributed by atoms with Crippen LogP contribution < -0.4 is 4.74 Å². The number of hydrogen-bond acceptors (Lipinski definition) is 4. The number of ether oxygens (including phenoxy) is 1. The van der Waals surface area contributed by atoms with Crippen LogP contribution in [0.4, 0.5) is 5.69 Å². The molecule has 0 aliphatic heterocycles. The molecule has 1 rings (SSSR count). The summed E-state index contributed by atoms with van der Waals surface area (Å²) in [5, 5.41) is 18.9. The van der Waals surface area contributed by atoms with Gasteiger partial charge in [0, 0.05) is 12.1 Å². The summed E-state index contributed by atoms with van der Waals surface area (Å²) in [6.45, 7) is -0.0349. The Morgan fingerprint density at radius 2 is 2.25 bits per heavy atom. The predicted molar refractivity (Wildman–Crippen MR) is 55.9 cm³/mol. The van der Waals surface area contributed by atoms with Gasteiger partial charge in [0.2, 0.25) is 0 Å². The van der Waals surface area contributed by atoms with Gasteiger partial charge in [-0.15, -0.1) is 0 Å². The summed E-state index contributed by atoms with van der Waals surface area (Å²) in [6, 6.07) is 3.72. The van der Waals surface area contributed by atoms with Gasteiger partial charge in [-0.25, -0.2) is 0 Å². The lowest BCUT2D eigenvalue weighted by molar-refractivity contribution is -0.384. The largest absolute Gasteiger partial charge is 0.491 e. The monoisotopic (exact) mass is 245 g/mol. The number of nitro benzene ring substituents is 1. The highest BCUT2D eigenvalue weighted by Gasteiger charge is 2.10. The van der Waals surface area contributed by atoms with Crippen LogP contribution in [-0.2, 0) is 4.79 Å². The highest BCUT2D eigenvalue weighted by atomic mass is 35.5. The minimum atomic E-state index is -0.988. The number of nitrogens with zero attached hydrogens (tertiary/aromatic N) is 1. The molecule has 0 saturated heterocycles. The van der Waals surface area contributed by atoms with Crippen LogP contribution in [0.3, 0.4) is 0 Å². The summed E-state index contributed by atoms with van der Waals surface area (Å²) < 4.78 is 5.05. The van der Waals surface area contributed by atoms with Crippen molar-refractivity contribution in [1.82, 2.24) is 0 Å². The van der Waals surface area contributed by atoms with Crippen molar-refractivity contribution in [3.63, 3.8) is 0 Å². The Hall–Kier alpha value is -1.82. The predicted octanol–water partition coefficient (Wildman–Crippen LogP) is 2.10. The molecule has 1 aromatic carbocycles. The van der Waals surface area contributed by atoms with E-state index in [4.69, 9.17) is 21.4 Å². The van der Waals surface area contributed by atoms with E-state index in [2.05, 4.69) is 0 Å². The van der Waals surface area contributed by atoms with Gasteiger partial charge < -0.3 is 9.84 Å². The molecule has 16 heavy (non-hydrogen) atoms. The standard InChI is InChI=1S/C9H8ClNO5/c10-7-5-6(11(14)15)1-2-8(7)16-4-3-9(12)13/h1-2,5H,3-4H2,(H,12,13). The maximum atomic E-state index is 10.4. The molecule has 0 radical (unpaired) electrons. The van der Waals surface area contributed by atoms with Gasteiger partial charge in [-0.2, -0.15) is 0 Å². The molecular formula is C9H8ClNO5. The van der Waals surface area contributed by atoms with Gasteiger partial charge in [0.05, 0.1) is 23.0 Å². The molecule has 86 valence electrons. The molecule has 0 unspecified atom stereocenters. The number of carbonyl (C=O) groups is 1. The van der Waals surface area contributed by atoms with E-state index >= 15 is 0 Å². The van der Waals surface area contributed by atoms with E-state index in [0.717, 1.165) is 6.07 Å². The van der Waals surface area contributed by atoms with Crippen LogP contribution in [0.15, 0.2) is 18.2 Å². The first-order valence-electron chi connectivity index (χ1n) is 4.29. The fraction of sp³-hybridized carbons (Fsp3) is 0.222. The second kappa shape index (κ2) is 5.32. The Morgan fingerprint density at radius 3 is 2.75 bits per heavy atom. The number of halogens is 1. The SMILES string of the molecule is O=C(O)CCOc1ccc([N+](=O)[O-])cc1Cl. The number of carboxylic acids is 1. The highest BCUT2D eigenvalue weighted by Crippen LogP contribution is 2.28. The lowest BCUT2D eigenvalue weighted by Gasteiger charge is -2.05. The molecule has 0 aliphatic carbocycles. The summed E-state index contributed by atoms with van der Waals surface area (Å²) in [6.07, 6.45) is -0.159. The Balaban J connectivity index is 2.68. The summed E-state index contributed by atoms with van der Waals surface area (Å²) in [5.74, 6) is -0.758. The molecule has 1 aromatic rings. The lowest BCUT2D eigenvalue weighted by atomic mass is 10.3. The van der Waals surface area contributed by atoms with E-state index in [1.165, 1.54) is 12.1 Å². The maximum absolute atomic E-state index is 10.4. The molecule has 0 fully saturated rings. The molecule has 0 bridgehead atoms. The van der Waals surface area contributed by atoms with Crippen molar-refractivity contribution in [2.75, 3.05) is 6.61 Å². The Bertz CT molecular complexity index is 420. The van der Waals surface area contributed by atoms with Gasteiger partial charge in [0.15, 0.2) is 0 Å². The van der Waals surface area contributed by atoms with Gasteiger partial charge in [-0.3, -0.25) is 14.9 Å². The fourth-order valence-corrected chi connectivity index (χ4v) is 1.20. The van der Waals surface area contributed by atoms with Crippen LogP contribution in [0.5, 0.6) is 5.75 Å². The van der Waals surface area contributed by atoms with Crippen molar-refractivity contribution in [2.45, 2.75) is 6.42 Å². The number of rotatable bonds is 5. The van der Waals surface area contributed by atoms with Crippen LogP contribution in [-0.4, -0.2) is 22.6 Å². The van der Waals surface area contributed by atoms with Crippen LogP contribution in [0.2, 0.25) is 5.02 Å². The van der Waals surface area contributed by atoms with Gasteiger partial charge in [-0.05, 0) is 6.07 Å². The van der Waals surface area contributed by atoms with Crippen LogP contribution in [0.1, 0.15) is 6.42 Å². The molecule has 0 aromatic heterocycles. The summed E-state index contributed by atoms with van der Waals surface area (Å²) in [5.41, 5.74) is -0.143. The minimum Gasteiger partial charge on any atom is -0.491 e. The second-order valence-electron chi connectivity index (χ2n) is 2.86. The highest BCUT2D eigenvalue weighted by molar-refractivity contribution is 6.32. The molecule has 0 atom stereocenters. The maximum Gasteiger partial charge on any atom is 0.306 e. The first kappa shape index (κ1) is 12.3. The smallest absolute Gasteiger partial charge is 0.306 e. The molecule has 0 spiro atoms. The van der Waals surface area contributed by atoms with Gasteiger partial charge >= 0.3 is 5.97 Å². The zero-order chi connectivity index (χ0) is 12.1. The van der Waals surface area contributed by atoms with Gasteiger partial charge in [0.25, 0.3) is 5.69 Å². The van der Waals surface area contributed by atoms with E-state index in [-0.39, 0.29) is 29.5 Å². The van der Waals surface area contributed by atoms with E-state index in [1.54, 1.807) is 0 Å². The molecule has 0 heterocycles. The first-order chi connectivity index (χ1) is 7.50. The van der Waals surface area contributed by atoms with Crippen LogP contribution in [0, 0.1) is 10.1 Å². The number of aliphatic carboxylic acids is 1. The molecule has 6 nitrogen and oxygen atoms in total. The van der Waals surface area contributed by atoms with E-state index < -0.39 is 10.9 Å². The second-order valence-corrected chi connectivity index (χ2v) is 3.27. The fourth-order valence-electron chi connectivity index (χ4n) is 0.969. The summed E-state index contributed by atoms with van der Waals surface area (Å²) in [7, 11) is 0. The lowest BCUT2D eigenvalue weighted by Crippen LogP contribution is -2.05. The number of non-ortho nitro benzene ring substituents is 1. The van der Waals surface area contributed by atoms with Crippen molar-refractivity contribution in [3.05, 3.63) is 33.3 Å². The Labute approximate surface area is 95.6 Å². The number of benzene rings is 1. The molecule has 0 amide bonds. The molecule has 0 saturated carbocycles. The van der Waals surface area contributed by atoms with E-state index in [0.29, 0.717) is 0 Å². The third-order valence-electron chi connectivity index (χ3n) is 1.70. The normalized spacial score (nSPS) is 9.81. The number of hydrogen-bond donors (Lipinski definition) is 1. The Kier molecular flexibility index (Phi) is 4.07. The number of carboxylic acid groups (broad SMARTS) is 1. The minimum absolute atomic E-state index is 0.0349. The quantitative estimate of drug-likeness (QED) is 0.634. The zero-order valence-corrected chi connectivity index (χ0v) is 8.81. The topological polar surface area (TPSA) is 89.7 Å². The summed E-state index contributed by atoms with van der Waals surface area (Å²) in [4.78, 5) is 20.0. The van der Waals surface area contributed by atoms with Crippen molar-refractivity contribution < 1.29 is 19.6 Å². The van der Waals surface area contributed by atoms with Gasteiger partial charge in [0.1, 0.15) is 5.75 Å². The third kappa shape index (κ3) is 3.39. The third-order valence-corrected chi connectivity index (χ3v) is 2.00. The summed E-state index contributed by atoms with van der Waals surface area (Å²) >= 11 is 5.71. The van der Waals surface area contributed by atoms with Gasteiger partial charge in [-0.1, -0.05) is 11.6 Å². The van der Waals surface area contributed by atoms with Crippen molar-refractivity contribution in [2.24, 2.45) is 0 Å². The van der Waals surface area contributed by atoms with E-state index in [9.17, 15) is 14.9 Å². The van der Waals surface area contributed by atoms with Crippen LogP contribution in [0.25, 0.3) is 0 Å². The van der Waals surface area contributed by atoms with E-state index in [1.807, 2.05) is 0 Å².